The predicted molar refractivity (Wildman–Crippen MR) is 141 cm³/mol. The highest BCUT2D eigenvalue weighted by Crippen LogP contribution is 2.27. The number of piperidine rings is 1. The molecule has 3 rings (SSSR count). The van der Waals surface area contributed by atoms with Crippen LogP contribution in [-0.2, 0) is 16.0 Å². The Bertz CT molecular complexity index is 1030. The minimum absolute atomic E-state index is 0.000567. The van der Waals surface area contributed by atoms with Crippen molar-refractivity contribution < 1.29 is 23.8 Å². The van der Waals surface area contributed by atoms with Gasteiger partial charge in [-0.05, 0) is 77.4 Å². The molecule has 0 aliphatic carbocycles. The zero-order valence-electron chi connectivity index (χ0n) is 22.2. The smallest absolute Gasteiger partial charge is 0.415 e. The molecule has 1 aliphatic rings. The Morgan fingerprint density at radius 1 is 0.917 bits per heavy atom. The van der Waals surface area contributed by atoms with E-state index in [1.165, 1.54) is 0 Å². The molecule has 196 valence electrons. The van der Waals surface area contributed by atoms with E-state index in [1.54, 1.807) is 9.80 Å². The van der Waals surface area contributed by atoms with Gasteiger partial charge in [0.1, 0.15) is 23.1 Å². The van der Waals surface area contributed by atoms with E-state index >= 15 is 0 Å². The number of nitrogen functional groups attached to an aromatic ring is 1. The van der Waals surface area contributed by atoms with Gasteiger partial charge in [0.2, 0.25) is 0 Å². The fourth-order valence-electron chi connectivity index (χ4n) is 3.81. The summed E-state index contributed by atoms with van der Waals surface area (Å²) in [4.78, 5) is 28.6. The van der Waals surface area contributed by atoms with Gasteiger partial charge in [-0.3, -0.25) is 4.90 Å². The van der Waals surface area contributed by atoms with Gasteiger partial charge in [-0.2, -0.15) is 0 Å². The summed E-state index contributed by atoms with van der Waals surface area (Å²) in [6.07, 6.45) is 0.706. The predicted octanol–water partition coefficient (Wildman–Crippen LogP) is 5.99. The number of nitrogens with two attached hydrogens (primary N) is 1. The molecule has 2 N–H and O–H groups in total. The number of benzene rings is 2. The van der Waals surface area contributed by atoms with E-state index in [1.807, 2.05) is 90.1 Å². The summed E-state index contributed by atoms with van der Waals surface area (Å²) in [6.45, 7) is 12.6. The molecule has 2 aromatic carbocycles. The Morgan fingerprint density at radius 2 is 1.50 bits per heavy atom. The first-order chi connectivity index (χ1) is 16.8. The number of hydrogen-bond donors (Lipinski definition) is 1. The number of anilines is 2. The van der Waals surface area contributed by atoms with Gasteiger partial charge in [-0.1, -0.05) is 18.2 Å². The lowest BCUT2D eigenvalue weighted by molar-refractivity contribution is 0.0126. The molecule has 36 heavy (non-hydrogen) atoms. The van der Waals surface area contributed by atoms with Crippen molar-refractivity contribution in [3.05, 3.63) is 54.1 Å². The summed E-state index contributed by atoms with van der Waals surface area (Å²) in [5, 5.41) is 0. The van der Waals surface area contributed by atoms with E-state index in [-0.39, 0.29) is 18.7 Å². The minimum Gasteiger partial charge on any atom is -0.490 e. The zero-order chi connectivity index (χ0) is 26.5. The average Bonchev–Trinajstić information content (AvgIpc) is 2.77. The van der Waals surface area contributed by atoms with Crippen molar-refractivity contribution in [2.24, 2.45) is 0 Å². The zero-order valence-corrected chi connectivity index (χ0v) is 22.2. The first-order valence-corrected chi connectivity index (χ1v) is 12.4. The molecule has 8 nitrogen and oxygen atoms in total. The van der Waals surface area contributed by atoms with E-state index < -0.39 is 17.3 Å². The van der Waals surface area contributed by atoms with Crippen molar-refractivity contribution in [3.8, 4) is 5.75 Å². The normalized spacial score (nSPS) is 14.8. The highest BCUT2D eigenvalue weighted by molar-refractivity contribution is 5.88. The van der Waals surface area contributed by atoms with Gasteiger partial charge in [-0.15, -0.1) is 0 Å². The number of amides is 2. The number of carbonyl (C=O) groups is 2. The summed E-state index contributed by atoms with van der Waals surface area (Å²) in [5.41, 5.74) is 7.12. The Morgan fingerprint density at radius 3 is 2.06 bits per heavy atom. The molecule has 0 radical (unpaired) electrons. The number of likely N-dealkylation sites (tertiary alicyclic amines) is 1. The summed E-state index contributed by atoms with van der Waals surface area (Å²) < 4.78 is 17.3. The highest BCUT2D eigenvalue weighted by Gasteiger charge is 2.28. The summed E-state index contributed by atoms with van der Waals surface area (Å²) in [5.74, 6) is 0.706. The molecule has 0 aromatic heterocycles. The van der Waals surface area contributed by atoms with Crippen molar-refractivity contribution in [2.45, 2.75) is 78.2 Å². The molecular weight excluding hydrogens is 458 g/mol. The molecule has 2 aromatic rings. The number of hydrogen-bond acceptors (Lipinski definition) is 6. The van der Waals surface area contributed by atoms with Crippen LogP contribution in [0, 0.1) is 0 Å². The summed E-state index contributed by atoms with van der Waals surface area (Å²) in [7, 11) is 0. The molecule has 1 heterocycles. The summed E-state index contributed by atoms with van der Waals surface area (Å²) in [6, 6.07) is 14.8. The second-order valence-corrected chi connectivity index (χ2v) is 11.0. The molecule has 0 bridgehead atoms. The minimum atomic E-state index is -0.630. The van der Waals surface area contributed by atoms with Gasteiger partial charge in [0, 0.05) is 37.3 Å². The average molecular weight is 498 g/mol. The van der Waals surface area contributed by atoms with Crippen molar-refractivity contribution in [1.82, 2.24) is 4.90 Å². The van der Waals surface area contributed by atoms with Crippen LogP contribution in [0.4, 0.5) is 21.0 Å². The molecule has 2 amide bonds. The van der Waals surface area contributed by atoms with Gasteiger partial charge >= 0.3 is 12.2 Å². The SMILES string of the molecule is CC(C)(C)OC(=O)N1CCC(Oc2ccc(N(Cc3ccccc3N)C(=O)OC(C)(C)C)cc2)CC1. The van der Waals surface area contributed by atoms with Crippen LogP contribution in [0.15, 0.2) is 48.5 Å². The number of rotatable bonds is 5. The molecule has 0 saturated carbocycles. The maximum Gasteiger partial charge on any atom is 0.415 e. The third-order valence-electron chi connectivity index (χ3n) is 5.54. The topological polar surface area (TPSA) is 94.3 Å². The first-order valence-electron chi connectivity index (χ1n) is 12.4. The van der Waals surface area contributed by atoms with E-state index in [0.29, 0.717) is 30.2 Å². The maximum absolute atomic E-state index is 13.0. The van der Waals surface area contributed by atoms with E-state index in [4.69, 9.17) is 19.9 Å². The van der Waals surface area contributed by atoms with E-state index in [2.05, 4.69) is 0 Å². The molecule has 1 saturated heterocycles. The second kappa shape index (κ2) is 11.1. The largest absolute Gasteiger partial charge is 0.490 e. The molecule has 8 heteroatoms. The van der Waals surface area contributed by atoms with Crippen LogP contribution in [0.3, 0.4) is 0 Å². The highest BCUT2D eigenvalue weighted by atomic mass is 16.6. The van der Waals surface area contributed by atoms with Crippen molar-refractivity contribution in [2.75, 3.05) is 23.7 Å². The van der Waals surface area contributed by atoms with Crippen LogP contribution < -0.4 is 15.4 Å². The van der Waals surface area contributed by atoms with Crippen LogP contribution in [0.5, 0.6) is 5.75 Å². The molecular formula is C28H39N3O5. The lowest BCUT2D eigenvalue weighted by Gasteiger charge is -2.33. The first kappa shape index (κ1) is 27.2. The van der Waals surface area contributed by atoms with Crippen molar-refractivity contribution >= 4 is 23.6 Å². The Hall–Kier alpha value is -3.42. The maximum atomic E-state index is 13.0. The molecule has 0 atom stereocenters. The number of ether oxygens (including phenoxy) is 3. The van der Waals surface area contributed by atoms with Gasteiger partial charge < -0.3 is 24.8 Å². The molecule has 0 unspecified atom stereocenters. The molecule has 1 fully saturated rings. The van der Waals surface area contributed by atoms with Crippen LogP contribution in [0.2, 0.25) is 0 Å². The molecule has 0 spiro atoms. The third kappa shape index (κ3) is 8.07. The summed E-state index contributed by atoms with van der Waals surface area (Å²) >= 11 is 0. The van der Waals surface area contributed by atoms with Crippen LogP contribution in [-0.4, -0.2) is 47.5 Å². The van der Waals surface area contributed by atoms with Gasteiger partial charge in [0.05, 0.1) is 6.54 Å². The Balaban J connectivity index is 1.65. The Labute approximate surface area is 214 Å². The van der Waals surface area contributed by atoms with Gasteiger partial charge in [0.15, 0.2) is 0 Å². The standard InChI is InChI=1S/C28H39N3O5/c1-27(2,3)35-25(32)30-17-15-23(16-18-30)34-22-13-11-21(12-14-22)31(26(33)36-28(4,5)6)19-20-9-7-8-10-24(20)29/h7-14,23H,15-19,29H2,1-6H3. The Kier molecular flexibility index (Phi) is 8.38. The number of carbonyl (C=O) groups excluding carboxylic acids is 2. The fraction of sp³-hybridized carbons (Fsp3) is 0.500. The van der Waals surface area contributed by atoms with Crippen LogP contribution in [0.25, 0.3) is 0 Å². The van der Waals surface area contributed by atoms with E-state index in [9.17, 15) is 9.59 Å². The third-order valence-corrected chi connectivity index (χ3v) is 5.54. The lowest BCUT2D eigenvalue weighted by atomic mass is 10.1. The molecule has 1 aliphatic heterocycles. The lowest BCUT2D eigenvalue weighted by Crippen LogP contribution is -2.44. The fourth-order valence-corrected chi connectivity index (χ4v) is 3.81. The number of para-hydroxylation sites is 1. The second-order valence-electron chi connectivity index (χ2n) is 11.0. The van der Waals surface area contributed by atoms with Crippen LogP contribution >= 0.6 is 0 Å². The van der Waals surface area contributed by atoms with Gasteiger partial charge in [0.25, 0.3) is 0 Å². The monoisotopic (exact) mass is 497 g/mol. The van der Waals surface area contributed by atoms with E-state index in [0.717, 1.165) is 18.4 Å². The van der Waals surface area contributed by atoms with Crippen molar-refractivity contribution in [3.63, 3.8) is 0 Å². The van der Waals surface area contributed by atoms with Crippen LogP contribution in [0.1, 0.15) is 59.9 Å². The van der Waals surface area contributed by atoms with Gasteiger partial charge in [-0.25, -0.2) is 9.59 Å². The quantitative estimate of drug-likeness (QED) is 0.510. The van der Waals surface area contributed by atoms with Crippen molar-refractivity contribution in [1.29, 1.82) is 0 Å². The number of nitrogens with zero attached hydrogens (tertiary/aromatic N) is 2.